The molecule has 1 aromatic rings. The molecular formula is C18H26N2O4. The lowest BCUT2D eigenvalue weighted by Gasteiger charge is -2.12. The Morgan fingerprint density at radius 2 is 1.79 bits per heavy atom. The third-order valence-corrected chi connectivity index (χ3v) is 3.10. The maximum atomic E-state index is 11.9. The summed E-state index contributed by atoms with van der Waals surface area (Å²) in [5, 5.41) is 5.27. The number of rotatable bonds is 9. The van der Waals surface area contributed by atoms with E-state index in [1.54, 1.807) is 13.0 Å². The summed E-state index contributed by atoms with van der Waals surface area (Å²) in [5.74, 6) is 0.767. The molecule has 0 radical (unpaired) electrons. The molecule has 0 saturated heterocycles. The molecular weight excluding hydrogens is 308 g/mol. The monoisotopic (exact) mass is 334 g/mol. The van der Waals surface area contributed by atoms with Crippen molar-refractivity contribution >= 4 is 17.9 Å². The zero-order chi connectivity index (χ0) is 17.9. The fourth-order valence-electron chi connectivity index (χ4n) is 2.00. The first-order valence-electron chi connectivity index (χ1n) is 8.17. The first-order valence-corrected chi connectivity index (χ1v) is 8.17. The minimum Gasteiger partial charge on any atom is -0.490 e. The van der Waals surface area contributed by atoms with Crippen LogP contribution in [0.3, 0.4) is 0 Å². The van der Waals surface area contributed by atoms with Gasteiger partial charge in [0, 0.05) is 12.6 Å². The highest BCUT2D eigenvalue weighted by molar-refractivity contribution is 5.95. The van der Waals surface area contributed by atoms with Crippen LogP contribution in [0.1, 0.15) is 33.3 Å². The molecule has 0 unspecified atom stereocenters. The number of amides is 2. The van der Waals surface area contributed by atoms with Crippen LogP contribution in [0, 0.1) is 0 Å². The summed E-state index contributed by atoms with van der Waals surface area (Å²) in [6, 6.07) is 4.88. The van der Waals surface area contributed by atoms with Gasteiger partial charge in [-0.15, -0.1) is 0 Å². The van der Waals surface area contributed by atoms with Crippen LogP contribution in [0.5, 0.6) is 11.5 Å². The fourth-order valence-corrected chi connectivity index (χ4v) is 2.00. The Morgan fingerprint density at radius 1 is 1.12 bits per heavy atom. The van der Waals surface area contributed by atoms with E-state index in [1.807, 2.05) is 39.0 Å². The molecule has 1 atom stereocenters. The van der Waals surface area contributed by atoms with Crippen LogP contribution in [-0.2, 0) is 9.59 Å². The Balaban J connectivity index is 2.73. The second-order valence-corrected chi connectivity index (χ2v) is 5.03. The van der Waals surface area contributed by atoms with Crippen molar-refractivity contribution in [3.8, 4) is 11.5 Å². The number of likely N-dealkylation sites (N-methyl/N-ethyl adjacent to an activating group) is 1. The minimum absolute atomic E-state index is 0.209. The number of benzene rings is 1. The Morgan fingerprint density at radius 3 is 2.42 bits per heavy atom. The lowest BCUT2D eigenvalue weighted by atomic mass is 10.2. The van der Waals surface area contributed by atoms with Crippen molar-refractivity contribution in [1.29, 1.82) is 0 Å². The summed E-state index contributed by atoms with van der Waals surface area (Å²) in [6.45, 7) is 8.88. The summed E-state index contributed by atoms with van der Waals surface area (Å²) < 4.78 is 11.0. The third-order valence-electron chi connectivity index (χ3n) is 3.10. The average Bonchev–Trinajstić information content (AvgIpc) is 2.55. The molecule has 6 nitrogen and oxygen atoms in total. The van der Waals surface area contributed by atoms with Gasteiger partial charge in [-0.05, 0) is 51.5 Å². The van der Waals surface area contributed by atoms with Crippen LogP contribution in [0.2, 0.25) is 0 Å². The SMILES string of the molecule is CCNC(=O)[C@H](C)NC(=O)/C=C/c1ccc(OCC)c(OCC)c1. The molecule has 0 bridgehead atoms. The van der Waals surface area contributed by atoms with Gasteiger partial charge < -0.3 is 20.1 Å². The number of hydrogen-bond acceptors (Lipinski definition) is 4. The van der Waals surface area contributed by atoms with Crippen molar-refractivity contribution in [3.63, 3.8) is 0 Å². The van der Waals surface area contributed by atoms with E-state index in [9.17, 15) is 9.59 Å². The highest BCUT2D eigenvalue weighted by atomic mass is 16.5. The molecule has 132 valence electrons. The second-order valence-electron chi connectivity index (χ2n) is 5.03. The summed E-state index contributed by atoms with van der Waals surface area (Å²) in [7, 11) is 0. The van der Waals surface area contributed by atoms with E-state index in [1.165, 1.54) is 6.08 Å². The molecule has 6 heteroatoms. The van der Waals surface area contributed by atoms with E-state index in [4.69, 9.17) is 9.47 Å². The van der Waals surface area contributed by atoms with E-state index in [0.717, 1.165) is 5.56 Å². The van der Waals surface area contributed by atoms with E-state index in [0.29, 0.717) is 31.3 Å². The molecule has 1 aromatic carbocycles. The van der Waals surface area contributed by atoms with Crippen molar-refractivity contribution in [3.05, 3.63) is 29.8 Å². The Kier molecular flexibility index (Phi) is 8.39. The normalized spacial score (nSPS) is 11.8. The molecule has 0 spiro atoms. The highest BCUT2D eigenvalue weighted by Gasteiger charge is 2.12. The molecule has 0 saturated carbocycles. The van der Waals surface area contributed by atoms with Gasteiger partial charge in [0.25, 0.3) is 0 Å². The first kappa shape index (κ1) is 19.5. The molecule has 0 aromatic heterocycles. The molecule has 2 amide bonds. The Hall–Kier alpha value is -2.50. The second kappa shape index (κ2) is 10.3. The van der Waals surface area contributed by atoms with E-state index in [2.05, 4.69) is 10.6 Å². The predicted octanol–water partition coefficient (Wildman–Crippen LogP) is 2.14. The van der Waals surface area contributed by atoms with Crippen LogP contribution >= 0.6 is 0 Å². The number of ether oxygens (including phenoxy) is 2. The summed E-state index contributed by atoms with van der Waals surface area (Å²) >= 11 is 0. The molecule has 24 heavy (non-hydrogen) atoms. The maximum Gasteiger partial charge on any atom is 0.244 e. The lowest BCUT2D eigenvalue weighted by molar-refractivity contribution is -0.126. The van der Waals surface area contributed by atoms with Gasteiger partial charge >= 0.3 is 0 Å². The Labute approximate surface area is 143 Å². The predicted molar refractivity (Wildman–Crippen MR) is 94.1 cm³/mol. The third kappa shape index (κ3) is 6.32. The summed E-state index contributed by atoms with van der Waals surface area (Å²) in [6.07, 6.45) is 3.05. The summed E-state index contributed by atoms with van der Waals surface area (Å²) in [4.78, 5) is 23.5. The average molecular weight is 334 g/mol. The van der Waals surface area contributed by atoms with E-state index >= 15 is 0 Å². The zero-order valence-electron chi connectivity index (χ0n) is 14.7. The maximum absolute atomic E-state index is 11.9. The topological polar surface area (TPSA) is 76.7 Å². The van der Waals surface area contributed by atoms with Crippen LogP contribution in [0.4, 0.5) is 0 Å². The van der Waals surface area contributed by atoms with Gasteiger partial charge in [-0.1, -0.05) is 6.07 Å². The van der Waals surface area contributed by atoms with Gasteiger partial charge in [-0.3, -0.25) is 9.59 Å². The summed E-state index contributed by atoms with van der Waals surface area (Å²) in [5.41, 5.74) is 0.808. The number of nitrogens with one attached hydrogen (secondary N) is 2. The van der Waals surface area contributed by atoms with Crippen LogP contribution in [0.25, 0.3) is 6.08 Å². The smallest absolute Gasteiger partial charge is 0.244 e. The Bertz CT molecular complexity index is 584. The minimum atomic E-state index is -0.582. The van der Waals surface area contributed by atoms with Gasteiger partial charge in [0.2, 0.25) is 11.8 Å². The molecule has 0 aliphatic heterocycles. The molecule has 1 rings (SSSR count). The van der Waals surface area contributed by atoms with Crippen molar-refractivity contribution in [1.82, 2.24) is 10.6 Å². The quantitative estimate of drug-likeness (QED) is 0.678. The van der Waals surface area contributed by atoms with Gasteiger partial charge in [0.05, 0.1) is 13.2 Å². The fraction of sp³-hybridized carbons (Fsp3) is 0.444. The van der Waals surface area contributed by atoms with Gasteiger partial charge in [-0.2, -0.15) is 0 Å². The number of hydrogen-bond donors (Lipinski definition) is 2. The van der Waals surface area contributed by atoms with E-state index in [-0.39, 0.29) is 11.8 Å². The zero-order valence-corrected chi connectivity index (χ0v) is 14.7. The molecule has 2 N–H and O–H groups in total. The van der Waals surface area contributed by atoms with Crippen LogP contribution in [0.15, 0.2) is 24.3 Å². The van der Waals surface area contributed by atoms with E-state index < -0.39 is 6.04 Å². The lowest BCUT2D eigenvalue weighted by Crippen LogP contribution is -2.44. The largest absolute Gasteiger partial charge is 0.490 e. The standard InChI is InChI=1S/C18H26N2O4/c1-5-19-18(22)13(4)20-17(21)11-9-14-8-10-15(23-6-2)16(12-14)24-7-3/h8-13H,5-7H2,1-4H3,(H,19,22)(H,20,21)/b11-9+/t13-/m0/s1. The molecule has 0 fully saturated rings. The van der Waals surface area contributed by atoms with Gasteiger partial charge in [0.1, 0.15) is 6.04 Å². The van der Waals surface area contributed by atoms with Crippen molar-refractivity contribution in [2.45, 2.75) is 33.7 Å². The van der Waals surface area contributed by atoms with Gasteiger partial charge in [0.15, 0.2) is 11.5 Å². The van der Waals surface area contributed by atoms with Crippen LogP contribution in [-0.4, -0.2) is 37.6 Å². The van der Waals surface area contributed by atoms with Crippen molar-refractivity contribution in [2.24, 2.45) is 0 Å². The van der Waals surface area contributed by atoms with Crippen molar-refractivity contribution < 1.29 is 19.1 Å². The van der Waals surface area contributed by atoms with Crippen LogP contribution < -0.4 is 20.1 Å². The highest BCUT2D eigenvalue weighted by Crippen LogP contribution is 2.28. The molecule has 0 aliphatic rings. The van der Waals surface area contributed by atoms with Gasteiger partial charge in [-0.25, -0.2) is 0 Å². The molecule has 0 heterocycles. The van der Waals surface area contributed by atoms with Crippen molar-refractivity contribution in [2.75, 3.05) is 19.8 Å². The molecule has 0 aliphatic carbocycles. The number of carbonyl (C=O) groups is 2. The first-order chi connectivity index (χ1) is 11.5. The number of carbonyl (C=O) groups excluding carboxylic acids is 2.